The number of rotatable bonds is 5. The molecule has 168 valence electrons. The van der Waals surface area contributed by atoms with Crippen LogP contribution in [0, 0.1) is 13.8 Å². The smallest absolute Gasteiger partial charge is 0.300 e. The van der Waals surface area contributed by atoms with Crippen LogP contribution in [0.25, 0.3) is 5.76 Å². The van der Waals surface area contributed by atoms with E-state index < -0.39 is 17.7 Å². The number of benzene rings is 3. The molecule has 0 aliphatic carbocycles. The van der Waals surface area contributed by atoms with E-state index in [1.165, 1.54) is 4.90 Å². The number of aliphatic hydroxyl groups excluding tert-OH is 1. The molecule has 1 heterocycles. The van der Waals surface area contributed by atoms with E-state index in [2.05, 4.69) is 0 Å². The van der Waals surface area contributed by atoms with Gasteiger partial charge in [0.25, 0.3) is 11.7 Å². The van der Waals surface area contributed by atoms with Crippen LogP contribution in [-0.2, 0) is 9.59 Å². The third-order valence-electron chi connectivity index (χ3n) is 5.82. The molecule has 0 saturated carbocycles. The Labute approximate surface area is 192 Å². The van der Waals surface area contributed by atoms with E-state index >= 15 is 0 Å². The van der Waals surface area contributed by atoms with Gasteiger partial charge >= 0.3 is 0 Å². The average molecular weight is 443 g/mol. The minimum Gasteiger partial charge on any atom is -0.507 e. The van der Waals surface area contributed by atoms with Gasteiger partial charge in [0.15, 0.2) is 0 Å². The summed E-state index contributed by atoms with van der Waals surface area (Å²) < 4.78 is 10.6. The molecule has 1 N–H and O–H groups in total. The fraction of sp³-hybridized carbons (Fsp3) is 0.185. The van der Waals surface area contributed by atoms with E-state index in [0.29, 0.717) is 28.3 Å². The largest absolute Gasteiger partial charge is 0.507 e. The Bertz CT molecular complexity index is 1280. The van der Waals surface area contributed by atoms with Gasteiger partial charge in [-0.1, -0.05) is 24.3 Å². The minimum atomic E-state index is -0.816. The summed E-state index contributed by atoms with van der Waals surface area (Å²) in [6.45, 7) is 3.73. The molecule has 6 heteroatoms. The summed E-state index contributed by atoms with van der Waals surface area (Å²) in [4.78, 5) is 28.0. The van der Waals surface area contributed by atoms with Crippen molar-refractivity contribution in [2.45, 2.75) is 19.9 Å². The zero-order valence-electron chi connectivity index (χ0n) is 19.0. The van der Waals surface area contributed by atoms with Crippen molar-refractivity contribution in [2.24, 2.45) is 0 Å². The predicted molar refractivity (Wildman–Crippen MR) is 127 cm³/mol. The fourth-order valence-electron chi connectivity index (χ4n) is 4.18. The Morgan fingerprint density at radius 3 is 2.24 bits per heavy atom. The molecule has 33 heavy (non-hydrogen) atoms. The first-order chi connectivity index (χ1) is 15.8. The molecule has 1 atom stereocenters. The number of ether oxygens (including phenoxy) is 2. The molecular formula is C27H25NO5. The third-order valence-corrected chi connectivity index (χ3v) is 5.82. The number of Topliss-reactive ketones (excluding diaryl/α,β-unsaturated/α-hetero) is 1. The maximum Gasteiger partial charge on any atom is 0.300 e. The summed E-state index contributed by atoms with van der Waals surface area (Å²) in [6, 6.07) is 18.9. The molecule has 1 fully saturated rings. The topological polar surface area (TPSA) is 76.1 Å². The molecule has 1 amide bonds. The van der Waals surface area contributed by atoms with Crippen LogP contribution in [0.1, 0.15) is 28.3 Å². The first kappa shape index (κ1) is 22.1. The molecule has 0 bridgehead atoms. The number of hydrogen-bond acceptors (Lipinski definition) is 5. The highest BCUT2D eigenvalue weighted by molar-refractivity contribution is 6.51. The van der Waals surface area contributed by atoms with E-state index in [4.69, 9.17) is 9.47 Å². The Morgan fingerprint density at radius 2 is 1.58 bits per heavy atom. The van der Waals surface area contributed by atoms with Crippen LogP contribution < -0.4 is 14.4 Å². The first-order valence-electron chi connectivity index (χ1n) is 10.5. The molecular weight excluding hydrogens is 418 g/mol. The van der Waals surface area contributed by atoms with E-state index in [0.717, 1.165) is 11.1 Å². The van der Waals surface area contributed by atoms with Crippen molar-refractivity contribution in [1.29, 1.82) is 0 Å². The Morgan fingerprint density at radius 1 is 0.879 bits per heavy atom. The summed E-state index contributed by atoms with van der Waals surface area (Å²) in [5.74, 6) is -0.439. The second-order valence-electron chi connectivity index (χ2n) is 7.97. The fourth-order valence-corrected chi connectivity index (χ4v) is 4.18. The number of anilines is 1. The van der Waals surface area contributed by atoms with Crippen molar-refractivity contribution in [3.8, 4) is 11.5 Å². The second kappa shape index (κ2) is 8.82. The SMILES string of the molecule is COc1cccc(C2/C(=C(/O)c3ccc(OC)cc3C)C(=O)C(=O)N2c2cccc(C)c2)c1. The van der Waals surface area contributed by atoms with Crippen molar-refractivity contribution in [2.75, 3.05) is 19.1 Å². The van der Waals surface area contributed by atoms with Gasteiger partial charge in [0.2, 0.25) is 0 Å². The average Bonchev–Trinajstić information content (AvgIpc) is 3.09. The number of amides is 1. The molecule has 1 unspecified atom stereocenters. The van der Waals surface area contributed by atoms with Crippen LogP contribution >= 0.6 is 0 Å². The second-order valence-corrected chi connectivity index (χ2v) is 7.97. The summed E-state index contributed by atoms with van der Waals surface area (Å²) in [5, 5.41) is 11.3. The maximum atomic E-state index is 13.3. The highest BCUT2D eigenvalue weighted by Gasteiger charge is 2.47. The molecule has 1 aliphatic rings. The van der Waals surface area contributed by atoms with Gasteiger partial charge in [-0.05, 0) is 73.0 Å². The lowest BCUT2D eigenvalue weighted by molar-refractivity contribution is -0.132. The highest BCUT2D eigenvalue weighted by Crippen LogP contribution is 2.43. The number of nitrogens with zero attached hydrogens (tertiary/aromatic N) is 1. The summed E-state index contributed by atoms with van der Waals surface area (Å²) in [5.41, 5.74) is 3.40. The van der Waals surface area contributed by atoms with Crippen LogP contribution in [0.2, 0.25) is 0 Å². The van der Waals surface area contributed by atoms with Crippen molar-refractivity contribution in [3.05, 3.63) is 94.6 Å². The Hall–Kier alpha value is -4.06. The minimum absolute atomic E-state index is 0.0306. The lowest BCUT2D eigenvalue weighted by Crippen LogP contribution is -2.29. The Balaban J connectivity index is 1.97. The number of aliphatic hydroxyl groups is 1. The van der Waals surface area contributed by atoms with E-state index in [9.17, 15) is 14.7 Å². The lowest BCUT2D eigenvalue weighted by Gasteiger charge is -2.26. The maximum absolute atomic E-state index is 13.3. The number of methoxy groups -OCH3 is 2. The first-order valence-corrected chi connectivity index (χ1v) is 10.5. The van der Waals surface area contributed by atoms with Crippen molar-refractivity contribution in [3.63, 3.8) is 0 Å². The summed E-state index contributed by atoms with van der Waals surface area (Å²) in [6.07, 6.45) is 0. The van der Waals surface area contributed by atoms with Crippen LogP contribution in [0.4, 0.5) is 5.69 Å². The van der Waals surface area contributed by atoms with Gasteiger partial charge in [0.1, 0.15) is 17.3 Å². The van der Waals surface area contributed by atoms with E-state index in [1.54, 1.807) is 56.7 Å². The highest BCUT2D eigenvalue weighted by atomic mass is 16.5. The van der Waals surface area contributed by atoms with Gasteiger partial charge in [-0.15, -0.1) is 0 Å². The number of aryl methyl sites for hydroxylation is 2. The number of carbonyl (C=O) groups excluding carboxylic acids is 2. The van der Waals surface area contributed by atoms with E-state index in [-0.39, 0.29) is 11.3 Å². The van der Waals surface area contributed by atoms with Crippen molar-refractivity contribution >= 4 is 23.1 Å². The molecule has 0 aromatic heterocycles. The van der Waals surface area contributed by atoms with Crippen LogP contribution in [0.5, 0.6) is 11.5 Å². The predicted octanol–water partition coefficient (Wildman–Crippen LogP) is 4.95. The van der Waals surface area contributed by atoms with Crippen LogP contribution in [0.3, 0.4) is 0 Å². The summed E-state index contributed by atoms with van der Waals surface area (Å²) in [7, 11) is 3.11. The molecule has 6 nitrogen and oxygen atoms in total. The zero-order valence-corrected chi connectivity index (χ0v) is 19.0. The quantitative estimate of drug-likeness (QED) is 0.343. The normalized spacial score (nSPS) is 17.3. The molecule has 0 spiro atoms. The molecule has 1 saturated heterocycles. The van der Waals surface area contributed by atoms with Gasteiger partial charge in [-0.25, -0.2) is 0 Å². The molecule has 4 rings (SSSR count). The summed E-state index contributed by atoms with van der Waals surface area (Å²) >= 11 is 0. The molecule has 3 aromatic rings. The third kappa shape index (κ3) is 3.96. The van der Waals surface area contributed by atoms with Crippen LogP contribution in [-0.4, -0.2) is 31.0 Å². The standard InChI is InChI=1S/C27H25NO5/c1-16-7-5-9-19(13-16)28-24(18-8-6-10-20(15-18)32-3)23(26(30)27(28)31)25(29)22-12-11-21(33-4)14-17(22)2/h5-15,24,29H,1-4H3/b25-23-. The number of carbonyl (C=O) groups is 2. The Kier molecular flexibility index (Phi) is 5.92. The van der Waals surface area contributed by atoms with E-state index in [1.807, 2.05) is 38.1 Å². The van der Waals surface area contributed by atoms with Crippen LogP contribution in [0.15, 0.2) is 72.3 Å². The number of ketones is 1. The lowest BCUT2D eigenvalue weighted by atomic mass is 9.93. The molecule has 1 aliphatic heterocycles. The van der Waals surface area contributed by atoms with Gasteiger partial charge in [-0.2, -0.15) is 0 Å². The molecule has 3 aromatic carbocycles. The molecule has 0 radical (unpaired) electrons. The van der Waals surface area contributed by atoms with Gasteiger partial charge < -0.3 is 14.6 Å². The van der Waals surface area contributed by atoms with Gasteiger partial charge in [0, 0.05) is 11.3 Å². The monoisotopic (exact) mass is 443 g/mol. The zero-order chi connectivity index (χ0) is 23.7. The van der Waals surface area contributed by atoms with Gasteiger partial charge in [0.05, 0.1) is 25.8 Å². The van der Waals surface area contributed by atoms with Gasteiger partial charge in [-0.3, -0.25) is 14.5 Å². The van der Waals surface area contributed by atoms with Crippen molar-refractivity contribution in [1.82, 2.24) is 0 Å². The van der Waals surface area contributed by atoms with Crippen molar-refractivity contribution < 1.29 is 24.2 Å². The number of hydrogen-bond donors (Lipinski definition) is 1.